The number of ether oxygens (including phenoxy) is 2. The molecule has 0 amide bonds. The molecule has 5 heteroatoms. The Morgan fingerprint density at radius 1 is 1.47 bits per heavy atom. The second kappa shape index (κ2) is 8.22. The number of nitrogens with zero attached hydrogens (tertiary/aromatic N) is 2. The highest BCUT2D eigenvalue weighted by atomic mass is 16.5. The average Bonchev–Trinajstić information content (AvgIpc) is 2.70. The van der Waals surface area contributed by atoms with Crippen molar-refractivity contribution in [2.45, 2.75) is 19.4 Å². The number of nitrogens with one attached hydrogen (secondary N) is 1. The predicted molar refractivity (Wildman–Crippen MR) is 67.1 cm³/mol. The van der Waals surface area contributed by atoms with Crippen LogP contribution in [0, 0.1) is 0 Å². The van der Waals surface area contributed by atoms with Gasteiger partial charge >= 0.3 is 0 Å². The van der Waals surface area contributed by atoms with Gasteiger partial charge in [-0.2, -0.15) is 5.10 Å². The zero-order valence-corrected chi connectivity index (χ0v) is 11.0. The van der Waals surface area contributed by atoms with Crippen LogP contribution in [0.25, 0.3) is 0 Å². The summed E-state index contributed by atoms with van der Waals surface area (Å²) in [5.41, 5.74) is 1.23. The van der Waals surface area contributed by atoms with Crippen LogP contribution in [-0.2, 0) is 22.9 Å². The van der Waals surface area contributed by atoms with Crippen molar-refractivity contribution in [2.24, 2.45) is 7.05 Å². The standard InChI is InChI=1S/C12H23N3O2/c1-4-13-12(10-17-6-5-16-3)7-11-8-14-15(2)9-11/h8-9,12-13H,4-7,10H2,1-3H3. The van der Waals surface area contributed by atoms with E-state index >= 15 is 0 Å². The summed E-state index contributed by atoms with van der Waals surface area (Å²) < 4.78 is 12.3. The van der Waals surface area contributed by atoms with Crippen molar-refractivity contribution in [1.82, 2.24) is 15.1 Å². The van der Waals surface area contributed by atoms with E-state index in [9.17, 15) is 0 Å². The van der Waals surface area contributed by atoms with Crippen LogP contribution in [0.3, 0.4) is 0 Å². The molecule has 17 heavy (non-hydrogen) atoms. The third-order valence-electron chi connectivity index (χ3n) is 2.48. The van der Waals surface area contributed by atoms with E-state index in [1.54, 1.807) is 7.11 Å². The molecule has 1 N–H and O–H groups in total. The van der Waals surface area contributed by atoms with Crippen LogP contribution in [0.4, 0.5) is 0 Å². The molecule has 0 aliphatic rings. The SMILES string of the molecule is CCNC(COCCOC)Cc1cnn(C)c1. The summed E-state index contributed by atoms with van der Waals surface area (Å²) in [5, 5.41) is 7.58. The largest absolute Gasteiger partial charge is 0.382 e. The number of likely N-dealkylation sites (N-methyl/N-ethyl adjacent to an activating group) is 1. The van der Waals surface area contributed by atoms with Crippen LogP contribution < -0.4 is 5.32 Å². The van der Waals surface area contributed by atoms with Crippen LogP contribution in [0.5, 0.6) is 0 Å². The third kappa shape index (κ3) is 5.81. The van der Waals surface area contributed by atoms with Crippen molar-refractivity contribution >= 4 is 0 Å². The number of hydrogen-bond acceptors (Lipinski definition) is 4. The first-order valence-corrected chi connectivity index (χ1v) is 6.03. The molecule has 1 aromatic rings. The van der Waals surface area contributed by atoms with Crippen LogP contribution in [-0.4, -0.2) is 49.3 Å². The van der Waals surface area contributed by atoms with Gasteiger partial charge < -0.3 is 14.8 Å². The lowest BCUT2D eigenvalue weighted by Crippen LogP contribution is -2.35. The Kier molecular flexibility index (Phi) is 6.84. The maximum Gasteiger partial charge on any atom is 0.0701 e. The predicted octanol–water partition coefficient (Wildman–Crippen LogP) is 0.604. The normalized spacial score (nSPS) is 12.9. The highest BCUT2D eigenvalue weighted by Gasteiger charge is 2.09. The fourth-order valence-electron chi connectivity index (χ4n) is 1.71. The van der Waals surface area contributed by atoms with Gasteiger partial charge in [-0.1, -0.05) is 6.92 Å². The molecule has 0 saturated heterocycles. The summed E-state index contributed by atoms with van der Waals surface area (Å²) >= 11 is 0. The van der Waals surface area contributed by atoms with Crippen molar-refractivity contribution in [1.29, 1.82) is 0 Å². The minimum Gasteiger partial charge on any atom is -0.382 e. The monoisotopic (exact) mass is 241 g/mol. The van der Waals surface area contributed by atoms with E-state index in [1.807, 2.05) is 24.1 Å². The van der Waals surface area contributed by atoms with Gasteiger partial charge in [0.05, 0.1) is 26.0 Å². The number of rotatable bonds is 9. The minimum absolute atomic E-state index is 0.334. The molecule has 0 aromatic carbocycles. The summed E-state index contributed by atoms with van der Waals surface area (Å²) in [5.74, 6) is 0. The maximum absolute atomic E-state index is 5.55. The fourth-order valence-corrected chi connectivity index (χ4v) is 1.71. The first kappa shape index (κ1) is 14.2. The van der Waals surface area contributed by atoms with E-state index in [0.717, 1.165) is 13.0 Å². The van der Waals surface area contributed by atoms with Crippen molar-refractivity contribution < 1.29 is 9.47 Å². The Balaban J connectivity index is 2.32. The molecule has 1 rings (SSSR count). The highest BCUT2D eigenvalue weighted by Crippen LogP contribution is 2.02. The van der Waals surface area contributed by atoms with Crippen LogP contribution in [0.15, 0.2) is 12.4 Å². The van der Waals surface area contributed by atoms with E-state index in [0.29, 0.717) is 25.9 Å². The second-order valence-electron chi connectivity index (χ2n) is 4.05. The third-order valence-corrected chi connectivity index (χ3v) is 2.48. The van der Waals surface area contributed by atoms with Crippen LogP contribution in [0.1, 0.15) is 12.5 Å². The van der Waals surface area contributed by atoms with Crippen LogP contribution in [0.2, 0.25) is 0 Å². The lowest BCUT2D eigenvalue weighted by molar-refractivity contribution is 0.0589. The quantitative estimate of drug-likeness (QED) is 0.643. The van der Waals surface area contributed by atoms with E-state index in [-0.39, 0.29) is 0 Å². The summed E-state index contributed by atoms with van der Waals surface area (Å²) in [6, 6.07) is 0.334. The van der Waals surface area contributed by atoms with Crippen molar-refractivity contribution in [2.75, 3.05) is 33.5 Å². The Bertz CT molecular complexity index is 302. The molecule has 0 aliphatic heterocycles. The van der Waals surface area contributed by atoms with Gasteiger partial charge in [0, 0.05) is 26.4 Å². The maximum atomic E-state index is 5.55. The van der Waals surface area contributed by atoms with E-state index in [1.165, 1.54) is 5.56 Å². The van der Waals surface area contributed by atoms with Gasteiger partial charge in [-0.3, -0.25) is 4.68 Å². The fraction of sp³-hybridized carbons (Fsp3) is 0.750. The molecule has 0 saturated carbocycles. The molecule has 5 nitrogen and oxygen atoms in total. The van der Waals surface area contributed by atoms with E-state index < -0.39 is 0 Å². The molecule has 0 fully saturated rings. The Labute approximate surface area is 103 Å². The average molecular weight is 241 g/mol. The second-order valence-corrected chi connectivity index (χ2v) is 4.05. The van der Waals surface area contributed by atoms with Crippen molar-refractivity contribution in [3.05, 3.63) is 18.0 Å². The zero-order valence-electron chi connectivity index (χ0n) is 11.0. The molecule has 0 aliphatic carbocycles. The molecule has 1 atom stereocenters. The highest BCUT2D eigenvalue weighted by molar-refractivity contribution is 5.05. The molecule has 1 unspecified atom stereocenters. The molecular formula is C12H23N3O2. The molecule has 0 bridgehead atoms. The lowest BCUT2D eigenvalue weighted by Gasteiger charge is -2.17. The first-order chi connectivity index (χ1) is 8.26. The summed E-state index contributed by atoms with van der Waals surface area (Å²) in [6.45, 7) is 5.03. The van der Waals surface area contributed by atoms with Gasteiger partial charge in [0.25, 0.3) is 0 Å². The minimum atomic E-state index is 0.334. The summed E-state index contributed by atoms with van der Waals surface area (Å²) in [7, 11) is 3.61. The van der Waals surface area contributed by atoms with E-state index in [4.69, 9.17) is 9.47 Å². The topological polar surface area (TPSA) is 48.3 Å². The molecule has 0 spiro atoms. The zero-order chi connectivity index (χ0) is 12.5. The molecular weight excluding hydrogens is 218 g/mol. The number of aryl methyl sites for hydroxylation is 1. The van der Waals surface area contributed by atoms with E-state index in [2.05, 4.69) is 17.3 Å². The van der Waals surface area contributed by atoms with Gasteiger partial charge in [0.15, 0.2) is 0 Å². The number of methoxy groups -OCH3 is 1. The van der Waals surface area contributed by atoms with Gasteiger partial charge in [-0.15, -0.1) is 0 Å². The number of aromatic nitrogens is 2. The first-order valence-electron chi connectivity index (χ1n) is 6.03. The molecule has 1 heterocycles. The molecule has 98 valence electrons. The number of hydrogen-bond donors (Lipinski definition) is 1. The van der Waals surface area contributed by atoms with Gasteiger partial charge in [-0.05, 0) is 18.5 Å². The van der Waals surface area contributed by atoms with Gasteiger partial charge in [0.2, 0.25) is 0 Å². The Morgan fingerprint density at radius 3 is 2.88 bits per heavy atom. The summed E-state index contributed by atoms with van der Waals surface area (Å²) in [6.07, 6.45) is 4.88. The molecule has 1 aromatic heterocycles. The van der Waals surface area contributed by atoms with Crippen molar-refractivity contribution in [3.63, 3.8) is 0 Å². The Morgan fingerprint density at radius 2 is 2.29 bits per heavy atom. The summed E-state index contributed by atoms with van der Waals surface area (Å²) in [4.78, 5) is 0. The Hall–Kier alpha value is -0.910. The van der Waals surface area contributed by atoms with Gasteiger partial charge in [0.1, 0.15) is 0 Å². The van der Waals surface area contributed by atoms with Gasteiger partial charge in [-0.25, -0.2) is 0 Å². The lowest BCUT2D eigenvalue weighted by atomic mass is 10.1. The smallest absolute Gasteiger partial charge is 0.0701 e. The molecule has 0 radical (unpaired) electrons. The van der Waals surface area contributed by atoms with Crippen molar-refractivity contribution in [3.8, 4) is 0 Å². The van der Waals surface area contributed by atoms with Crippen LogP contribution >= 0.6 is 0 Å².